The van der Waals surface area contributed by atoms with E-state index in [1.807, 2.05) is 60.7 Å². The molecule has 2 aromatic carbocycles. The van der Waals surface area contributed by atoms with Gasteiger partial charge in [-0.2, -0.15) is 0 Å². The topological polar surface area (TPSA) is 46.3 Å². The molecule has 0 radical (unpaired) electrons. The van der Waals surface area contributed by atoms with Gasteiger partial charge in [-0.15, -0.1) is 0 Å². The Hall–Kier alpha value is -2.29. The van der Waals surface area contributed by atoms with Gasteiger partial charge in [-0.25, -0.2) is 4.79 Å². The fraction of sp³-hybridized carbons (Fsp3) is 0. The summed E-state index contributed by atoms with van der Waals surface area (Å²) >= 11 is 0. The van der Waals surface area contributed by atoms with Gasteiger partial charge in [0, 0.05) is 0 Å². The van der Waals surface area contributed by atoms with Gasteiger partial charge in [-0.1, -0.05) is 36.4 Å². The molecule has 0 aliphatic rings. The second-order valence-electron chi connectivity index (χ2n) is 3.34. The zero-order chi connectivity index (χ0) is 11.4. The van der Waals surface area contributed by atoms with Crippen LogP contribution in [0.2, 0.25) is 0 Å². The molecule has 0 aliphatic heterocycles. The number of carbonyl (C=O) groups excluding carboxylic acids is 1. The standard InChI is InChI=1S/C13H12N2O/c14-13(16)15(11-7-3-1-4-8-11)12-9-5-2-6-10-12/h1-10H,(H2,14,16). The molecule has 0 saturated heterocycles. The first-order chi connectivity index (χ1) is 7.79. The van der Waals surface area contributed by atoms with Crippen molar-refractivity contribution in [1.82, 2.24) is 0 Å². The minimum atomic E-state index is -0.489. The number of primary amides is 1. The van der Waals surface area contributed by atoms with Crippen molar-refractivity contribution in [2.45, 2.75) is 0 Å². The van der Waals surface area contributed by atoms with Gasteiger partial charge < -0.3 is 5.73 Å². The van der Waals surface area contributed by atoms with Crippen LogP contribution in [0.15, 0.2) is 60.7 Å². The molecule has 0 spiro atoms. The van der Waals surface area contributed by atoms with Crippen LogP contribution in [0.5, 0.6) is 0 Å². The molecule has 0 heterocycles. The summed E-state index contributed by atoms with van der Waals surface area (Å²) in [4.78, 5) is 12.9. The van der Waals surface area contributed by atoms with E-state index in [9.17, 15) is 4.79 Å². The van der Waals surface area contributed by atoms with Crippen LogP contribution in [-0.2, 0) is 0 Å². The average Bonchev–Trinajstić information content (AvgIpc) is 2.31. The average molecular weight is 212 g/mol. The lowest BCUT2D eigenvalue weighted by Crippen LogP contribution is -2.31. The van der Waals surface area contributed by atoms with Crippen molar-refractivity contribution >= 4 is 17.4 Å². The molecule has 16 heavy (non-hydrogen) atoms. The van der Waals surface area contributed by atoms with Gasteiger partial charge in [0.25, 0.3) is 0 Å². The summed E-state index contributed by atoms with van der Waals surface area (Å²) in [6, 6.07) is 18.2. The van der Waals surface area contributed by atoms with Crippen LogP contribution < -0.4 is 10.6 Å². The van der Waals surface area contributed by atoms with E-state index < -0.39 is 6.03 Å². The second kappa shape index (κ2) is 4.49. The third kappa shape index (κ3) is 2.03. The van der Waals surface area contributed by atoms with E-state index in [4.69, 9.17) is 5.73 Å². The molecule has 0 unspecified atom stereocenters. The number of hydrogen-bond acceptors (Lipinski definition) is 1. The number of rotatable bonds is 2. The van der Waals surface area contributed by atoms with E-state index in [0.29, 0.717) is 0 Å². The summed E-state index contributed by atoms with van der Waals surface area (Å²) in [6.07, 6.45) is 0. The zero-order valence-electron chi connectivity index (χ0n) is 8.71. The van der Waals surface area contributed by atoms with Crippen molar-refractivity contribution in [2.75, 3.05) is 4.90 Å². The van der Waals surface area contributed by atoms with Crippen LogP contribution in [0.3, 0.4) is 0 Å². The molecule has 0 fully saturated rings. The van der Waals surface area contributed by atoms with E-state index in [2.05, 4.69) is 0 Å². The summed E-state index contributed by atoms with van der Waals surface area (Å²) in [6.45, 7) is 0. The molecule has 0 aliphatic carbocycles. The minimum Gasteiger partial charge on any atom is -0.351 e. The minimum absolute atomic E-state index is 0.489. The molecule has 2 rings (SSSR count). The maximum atomic E-state index is 11.4. The monoisotopic (exact) mass is 212 g/mol. The molecule has 2 N–H and O–H groups in total. The SMILES string of the molecule is NC(=O)N(c1ccccc1)c1ccccc1. The van der Waals surface area contributed by atoms with Crippen molar-refractivity contribution in [3.63, 3.8) is 0 Å². The summed E-state index contributed by atoms with van der Waals surface area (Å²) in [5.41, 5.74) is 6.92. The summed E-state index contributed by atoms with van der Waals surface area (Å²) in [7, 11) is 0. The largest absolute Gasteiger partial charge is 0.351 e. The molecular formula is C13H12N2O. The third-order valence-corrected chi connectivity index (χ3v) is 2.25. The van der Waals surface area contributed by atoms with Gasteiger partial charge >= 0.3 is 6.03 Å². The molecule has 80 valence electrons. The lowest BCUT2D eigenvalue weighted by Gasteiger charge is -2.20. The number of benzene rings is 2. The molecule has 0 atom stereocenters. The molecule has 2 aromatic rings. The maximum absolute atomic E-state index is 11.4. The first-order valence-electron chi connectivity index (χ1n) is 4.98. The molecule has 0 saturated carbocycles. The fourth-order valence-electron chi connectivity index (χ4n) is 1.56. The highest BCUT2D eigenvalue weighted by atomic mass is 16.2. The molecule has 2 amide bonds. The van der Waals surface area contributed by atoms with E-state index in [1.54, 1.807) is 0 Å². The fourth-order valence-corrected chi connectivity index (χ4v) is 1.56. The summed E-state index contributed by atoms with van der Waals surface area (Å²) in [5, 5.41) is 0. The predicted octanol–water partition coefficient (Wildman–Crippen LogP) is 2.90. The zero-order valence-corrected chi connectivity index (χ0v) is 8.71. The first kappa shape index (κ1) is 10.2. The number of amides is 2. The number of urea groups is 1. The van der Waals surface area contributed by atoms with Crippen molar-refractivity contribution in [3.8, 4) is 0 Å². The number of hydrogen-bond donors (Lipinski definition) is 1. The van der Waals surface area contributed by atoms with E-state index in [-0.39, 0.29) is 0 Å². The van der Waals surface area contributed by atoms with Crippen LogP contribution in [0, 0.1) is 0 Å². The molecule has 3 heteroatoms. The lowest BCUT2D eigenvalue weighted by atomic mass is 10.2. The van der Waals surface area contributed by atoms with Crippen molar-refractivity contribution in [1.29, 1.82) is 0 Å². The van der Waals surface area contributed by atoms with Gasteiger partial charge in [-0.3, -0.25) is 4.90 Å². The summed E-state index contributed by atoms with van der Waals surface area (Å²) < 4.78 is 0. The number of anilines is 2. The van der Waals surface area contributed by atoms with Gasteiger partial charge in [-0.05, 0) is 24.3 Å². The Morgan fingerprint density at radius 3 is 1.50 bits per heavy atom. The van der Waals surface area contributed by atoms with Crippen LogP contribution in [-0.4, -0.2) is 6.03 Å². The predicted molar refractivity (Wildman–Crippen MR) is 64.6 cm³/mol. The van der Waals surface area contributed by atoms with Crippen molar-refractivity contribution in [2.24, 2.45) is 5.73 Å². The van der Waals surface area contributed by atoms with Gasteiger partial charge in [0.1, 0.15) is 0 Å². The Morgan fingerprint density at radius 1 is 0.812 bits per heavy atom. The lowest BCUT2D eigenvalue weighted by molar-refractivity contribution is 0.256. The third-order valence-electron chi connectivity index (χ3n) is 2.25. The van der Waals surface area contributed by atoms with Crippen LogP contribution in [0.4, 0.5) is 16.2 Å². The molecule has 0 aromatic heterocycles. The van der Waals surface area contributed by atoms with E-state index in [0.717, 1.165) is 11.4 Å². The Labute approximate surface area is 94.1 Å². The van der Waals surface area contributed by atoms with Gasteiger partial charge in [0.15, 0.2) is 0 Å². The normalized spacial score (nSPS) is 9.75. The number of carbonyl (C=O) groups is 1. The number of para-hydroxylation sites is 2. The Kier molecular flexibility index (Phi) is 2.87. The summed E-state index contributed by atoms with van der Waals surface area (Å²) in [5.74, 6) is 0. The Balaban J connectivity index is 2.44. The molecule has 3 nitrogen and oxygen atoms in total. The van der Waals surface area contributed by atoms with Gasteiger partial charge in [0.2, 0.25) is 0 Å². The highest BCUT2D eigenvalue weighted by molar-refractivity contribution is 5.98. The Bertz CT molecular complexity index is 428. The number of nitrogens with zero attached hydrogens (tertiary/aromatic N) is 1. The first-order valence-corrected chi connectivity index (χ1v) is 4.98. The van der Waals surface area contributed by atoms with Crippen molar-refractivity contribution < 1.29 is 4.79 Å². The molecular weight excluding hydrogens is 200 g/mol. The van der Waals surface area contributed by atoms with E-state index in [1.165, 1.54) is 4.90 Å². The van der Waals surface area contributed by atoms with Crippen LogP contribution >= 0.6 is 0 Å². The maximum Gasteiger partial charge on any atom is 0.323 e. The van der Waals surface area contributed by atoms with Gasteiger partial charge in [0.05, 0.1) is 11.4 Å². The van der Waals surface area contributed by atoms with E-state index >= 15 is 0 Å². The Morgan fingerprint density at radius 2 is 1.19 bits per heavy atom. The van der Waals surface area contributed by atoms with Crippen molar-refractivity contribution in [3.05, 3.63) is 60.7 Å². The molecule has 0 bridgehead atoms. The smallest absolute Gasteiger partial charge is 0.323 e. The highest BCUT2D eigenvalue weighted by Crippen LogP contribution is 2.23. The van der Waals surface area contributed by atoms with Crippen LogP contribution in [0.25, 0.3) is 0 Å². The quantitative estimate of drug-likeness (QED) is 0.817. The second-order valence-corrected chi connectivity index (χ2v) is 3.34. The van der Waals surface area contributed by atoms with Crippen LogP contribution in [0.1, 0.15) is 0 Å². The highest BCUT2D eigenvalue weighted by Gasteiger charge is 2.13. The number of nitrogens with two attached hydrogens (primary N) is 1.